The Balaban J connectivity index is 1.82. The highest BCUT2D eigenvalue weighted by Crippen LogP contribution is 2.30. The number of hydrogen-bond donors (Lipinski definition) is 1. The van der Waals surface area contributed by atoms with Crippen molar-refractivity contribution in [3.8, 4) is 11.5 Å². The van der Waals surface area contributed by atoms with E-state index >= 15 is 0 Å². The molecule has 2 heterocycles. The standard InChI is InChI=1S/C13H15ClN4O/c14-9-4-3-7-16-11(9)12-17-10(19-18-12)8-13(15)5-1-2-6-13/h3-4,7H,1-2,5-6,8,15H2. The summed E-state index contributed by atoms with van der Waals surface area (Å²) in [6.45, 7) is 0. The fourth-order valence-electron chi connectivity index (χ4n) is 2.53. The van der Waals surface area contributed by atoms with Crippen molar-refractivity contribution in [3.05, 3.63) is 29.2 Å². The fraction of sp³-hybridized carbons (Fsp3) is 0.462. The summed E-state index contributed by atoms with van der Waals surface area (Å²) in [6.07, 6.45) is 6.63. The molecular weight excluding hydrogens is 264 g/mol. The summed E-state index contributed by atoms with van der Waals surface area (Å²) in [6, 6.07) is 3.52. The average molecular weight is 279 g/mol. The predicted octanol–water partition coefficient (Wildman–Crippen LogP) is 2.60. The molecule has 0 aliphatic heterocycles. The van der Waals surface area contributed by atoms with Gasteiger partial charge in [0.05, 0.1) is 5.02 Å². The molecule has 2 aromatic heterocycles. The molecule has 3 rings (SSSR count). The van der Waals surface area contributed by atoms with E-state index in [0.29, 0.717) is 28.9 Å². The SMILES string of the molecule is NC1(Cc2nc(-c3ncccc3Cl)no2)CCCC1. The Bertz CT molecular complexity index is 578. The monoisotopic (exact) mass is 278 g/mol. The van der Waals surface area contributed by atoms with E-state index in [1.54, 1.807) is 18.3 Å². The van der Waals surface area contributed by atoms with Crippen LogP contribution >= 0.6 is 11.6 Å². The number of halogens is 1. The van der Waals surface area contributed by atoms with E-state index in [9.17, 15) is 0 Å². The lowest BCUT2D eigenvalue weighted by Gasteiger charge is -2.20. The minimum absolute atomic E-state index is 0.197. The Labute approximate surface area is 116 Å². The van der Waals surface area contributed by atoms with Gasteiger partial charge in [-0.3, -0.25) is 4.98 Å². The van der Waals surface area contributed by atoms with Crippen LogP contribution in [0, 0.1) is 0 Å². The molecule has 0 atom stereocenters. The van der Waals surface area contributed by atoms with Crippen molar-refractivity contribution in [2.75, 3.05) is 0 Å². The van der Waals surface area contributed by atoms with E-state index in [1.807, 2.05) is 0 Å². The summed E-state index contributed by atoms with van der Waals surface area (Å²) in [5.74, 6) is 0.975. The first-order chi connectivity index (χ1) is 9.16. The van der Waals surface area contributed by atoms with Crippen LogP contribution in [0.1, 0.15) is 31.6 Å². The zero-order valence-corrected chi connectivity index (χ0v) is 11.2. The summed E-state index contributed by atoms with van der Waals surface area (Å²) in [7, 11) is 0. The van der Waals surface area contributed by atoms with E-state index < -0.39 is 0 Å². The van der Waals surface area contributed by atoms with Gasteiger partial charge < -0.3 is 10.3 Å². The highest BCUT2D eigenvalue weighted by Gasteiger charge is 2.31. The third-order valence-corrected chi connectivity index (χ3v) is 3.85. The van der Waals surface area contributed by atoms with Gasteiger partial charge >= 0.3 is 0 Å². The van der Waals surface area contributed by atoms with Gasteiger partial charge in [0.15, 0.2) is 0 Å². The van der Waals surface area contributed by atoms with Crippen molar-refractivity contribution in [2.45, 2.75) is 37.6 Å². The summed E-state index contributed by atoms with van der Waals surface area (Å²) in [5.41, 5.74) is 6.64. The molecule has 0 saturated heterocycles. The van der Waals surface area contributed by atoms with Crippen LogP contribution in [0.3, 0.4) is 0 Å². The predicted molar refractivity (Wildman–Crippen MR) is 71.6 cm³/mol. The van der Waals surface area contributed by atoms with Crippen molar-refractivity contribution in [3.63, 3.8) is 0 Å². The lowest BCUT2D eigenvalue weighted by molar-refractivity contribution is 0.329. The van der Waals surface area contributed by atoms with Crippen LogP contribution in [0.4, 0.5) is 0 Å². The second-order valence-corrected chi connectivity index (χ2v) is 5.50. The quantitative estimate of drug-likeness (QED) is 0.934. The summed E-state index contributed by atoms with van der Waals surface area (Å²) in [4.78, 5) is 8.51. The molecule has 0 radical (unpaired) electrons. The van der Waals surface area contributed by atoms with Gasteiger partial charge in [-0.2, -0.15) is 4.98 Å². The third-order valence-electron chi connectivity index (χ3n) is 3.54. The molecule has 2 aromatic rings. The van der Waals surface area contributed by atoms with E-state index in [2.05, 4.69) is 15.1 Å². The van der Waals surface area contributed by atoms with Crippen LogP contribution < -0.4 is 5.73 Å². The summed E-state index contributed by atoms with van der Waals surface area (Å²) < 4.78 is 5.26. The summed E-state index contributed by atoms with van der Waals surface area (Å²) in [5, 5.41) is 4.44. The van der Waals surface area contributed by atoms with Gasteiger partial charge in [0.25, 0.3) is 0 Å². The number of pyridine rings is 1. The second kappa shape index (κ2) is 4.90. The van der Waals surface area contributed by atoms with Gasteiger partial charge in [-0.1, -0.05) is 29.6 Å². The maximum Gasteiger partial charge on any atom is 0.228 e. The molecule has 1 aliphatic carbocycles. The average Bonchev–Trinajstić information content (AvgIpc) is 3.00. The van der Waals surface area contributed by atoms with Crippen molar-refractivity contribution >= 4 is 11.6 Å². The van der Waals surface area contributed by atoms with Crippen molar-refractivity contribution < 1.29 is 4.52 Å². The van der Waals surface area contributed by atoms with Crippen LogP contribution in [0.15, 0.2) is 22.9 Å². The van der Waals surface area contributed by atoms with Crippen LogP contribution in [-0.2, 0) is 6.42 Å². The molecule has 0 amide bonds. The lowest BCUT2D eigenvalue weighted by Crippen LogP contribution is -2.38. The highest BCUT2D eigenvalue weighted by atomic mass is 35.5. The normalized spacial score (nSPS) is 17.8. The maximum atomic E-state index is 6.30. The molecule has 6 heteroatoms. The number of aromatic nitrogens is 3. The highest BCUT2D eigenvalue weighted by molar-refractivity contribution is 6.32. The first-order valence-electron chi connectivity index (χ1n) is 6.39. The van der Waals surface area contributed by atoms with Crippen molar-refractivity contribution in [2.24, 2.45) is 5.73 Å². The van der Waals surface area contributed by atoms with Crippen LogP contribution in [-0.4, -0.2) is 20.7 Å². The number of nitrogens with two attached hydrogens (primary N) is 1. The lowest BCUT2D eigenvalue weighted by atomic mass is 9.95. The molecule has 0 aromatic carbocycles. The minimum Gasteiger partial charge on any atom is -0.339 e. The Kier molecular flexibility index (Phi) is 3.24. The molecule has 19 heavy (non-hydrogen) atoms. The first kappa shape index (κ1) is 12.6. The number of nitrogens with zero attached hydrogens (tertiary/aromatic N) is 3. The Morgan fingerprint density at radius 1 is 1.37 bits per heavy atom. The van der Waals surface area contributed by atoms with Crippen molar-refractivity contribution in [1.29, 1.82) is 0 Å². The van der Waals surface area contributed by atoms with E-state index in [4.69, 9.17) is 21.9 Å². The minimum atomic E-state index is -0.197. The topological polar surface area (TPSA) is 77.8 Å². The second-order valence-electron chi connectivity index (χ2n) is 5.09. The molecule has 5 nitrogen and oxygen atoms in total. The van der Waals surface area contributed by atoms with Gasteiger partial charge in [-0.05, 0) is 25.0 Å². The molecular formula is C13H15ClN4O. The molecule has 100 valence electrons. The molecule has 2 N–H and O–H groups in total. The van der Waals surface area contributed by atoms with Crippen LogP contribution in [0.5, 0.6) is 0 Å². The van der Waals surface area contributed by atoms with Gasteiger partial charge in [0.2, 0.25) is 11.7 Å². The Morgan fingerprint density at radius 3 is 2.89 bits per heavy atom. The van der Waals surface area contributed by atoms with Gasteiger partial charge in [-0.25, -0.2) is 0 Å². The third kappa shape index (κ3) is 2.62. The molecule has 0 unspecified atom stereocenters. The number of hydrogen-bond acceptors (Lipinski definition) is 5. The van der Waals surface area contributed by atoms with Gasteiger partial charge in [0.1, 0.15) is 5.69 Å². The zero-order chi connectivity index (χ0) is 13.3. The maximum absolute atomic E-state index is 6.30. The van der Waals surface area contributed by atoms with Crippen LogP contribution in [0.25, 0.3) is 11.5 Å². The van der Waals surface area contributed by atoms with E-state index in [1.165, 1.54) is 12.8 Å². The Morgan fingerprint density at radius 2 is 2.16 bits per heavy atom. The zero-order valence-electron chi connectivity index (χ0n) is 10.5. The van der Waals surface area contributed by atoms with Gasteiger partial charge in [0, 0.05) is 18.2 Å². The molecule has 1 fully saturated rings. The van der Waals surface area contributed by atoms with Crippen LogP contribution in [0.2, 0.25) is 5.02 Å². The summed E-state index contributed by atoms with van der Waals surface area (Å²) >= 11 is 6.06. The largest absolute Gasteiger partial charge is 0.339 e. The molecule has 1 aliphatic rings. The fourth-order valence-corrected chi connectivity index (χ4v) is 2.74. The first-order valence-corrected chi connectivity index (χ1v) is 6.76. The van der Waals surface area contributed by atoms with E-state index in [-0.39, 0.29) is 5.54 Å². The molecule has 0 spiro atoms. The van der Waals surface area contributed by atoms with Crippen molar-refractivity contribution in [1.82, 2.24) is 15.1 Å². The Hall–Kier alpha value is -1.46. The molecule has 0 bridgehead atoms. The molecule has 1 saturated carbocycles. The van der Waals surface area contributed by atoms with E-state index in [0.717, 1.165) is 12.8 Å². The van der Waals surface area contributed by atoms with Gasteiger partial charge in [-0.15, -0.1) is 0 Å². The smallest absolute Gasteiger partial charge is 0.228 e. The number of rotatable bonds is 3.